The first-order valence-corrected chi connectivity index (χ1v) is 8.98. The number of carbonyl (C=O) groups excluding carboxylic acids is 2. The molecule has 0 heterocycles. The first kappa shape index (κ1) is 19.3. The molecule has 0 saturated carbocycles. The molecule has 0 saturated heterocycles. The van der Waals surface area contributed by atoms with E-state index in [9.17, 15) is 9.59 Å². The quantitative estimate of drug-likeness (QED) is 0.632. The average molecular weight is 472 g/mol. The van der Waals surface area contributed by atoms with E-state index >= 15 is 0 Å². The van der Waals surface area contributed by atoms with Crippen LogP contribution in [0.5, 0.6) is 11.5 Å². The van der Waals surface area contributed by atoms with Crippen LogP contribution in [0.3, 0.4) is 0 Å². The van der Waals surface area contributed by atoms with Gasteiger partial charge in [0.25, 0.3) is 11.8 Å². The highest BCUT2D eigenvalue weighted by atomic mass is 79.9. The van der Waals surface area contributed by atoms with E-state index in [0.29, 0.717) is 28.1 Å². The zero-order valence-corrected chi connectivity index (χ0v) is 16.5. The number of ether oxygens (including phenoxy) is 2. The maximum atomic E-state index is 12.0. The second kappa shape index (κ2) is 9.43. The van der Waals surface area contributed by atoms with Crippen LogP contribution < -0.4 is 20.3 Å². The molecule has 2 N–H and O–H groups in total. The van der Waals surface area contributed by atoms with Crippen LogP contribution in [0.25, 0.3) is 0 Å². The van der Waals surface area contributed by atoms with Gasteiger partial charge in [0, 0.05) is 10.0 Å². The van der Waals surface area contributed by atoms with Crippen molar-refractivity contribution in [1.82, 2.24) is 10.9 Å². The van der Waals surface area contributed by atoms with Crippen molar-refractivity contribution in [1.29, 1.82) is 0 Å². The molecule has 2 aromatic rings. The van der Waals surface area contributed by atoms with E-state index in [2.05, 4.69) is 42.7 Å². The normalized spacial score (nSPS) is 10.0. The lowest BCUT2D eigenvalue weighted by Crippen LogP contribution is -2.43. The maximum Gasteiger partial charge on any atom is 0.276 e. The maximum absolute atomic E-state index is 12.0. The minimum absolute atomic E-state index is 0.232. The van der Waals surface area contributed by atoms with Gasteiger partial charge in [0.15, 0.2) is 6.61 Å². The average Bonchev–Trinajstić information content (AvgIpc) is 2.60. The van der Waals surface area contributed by atoms with Crippen molar-refractivity contribution in [3.63, 3.8) is 0 Å². The van der Waals surface area contributed by atoms with Crippen molar-refractivity contribution in [2.45, 2.75) is 6.92 Å². The van der Waals surface area contributed by atoms with Gasteiger partial charge in [-0.3, -0.25) is 20.4 Å². The van der Waals surface area contributed by atoms with Crippen LogP contribution in [0.15, 0.2) is 51.4 Å². The number of hydrogen-bond acceptors (Lipinski definition) is 4. The van der Waals surface area contributed by atoms with Gasteiger partial charge in [-0.1, -0.05) is 15.9 Å². The summed E-state index contributed by atoms with van der Waals surface area (Å²) in [6, 6.07) is 11.9. The van der Waals surface area contributed by atoms with Gasteiger partial charge in [0.2, 0.25) is 0 Å². The lowest BCUT2D eigenvalue weighted by atomic mass is 10.2. The van der Waals surface area contributed by atoms with Gasteiger partial charge in [0.1, 0.15) is 11.5 Å². The number of nitrogens with one attached hydrogen (secondary N) is 2. The summed E-state index contributed by atoms with van der Waals surface area (Å²) < 4.78 is 12.3. The molecular weight excluding hydrogens is 456 g/mol. The number of carbonyl (C=O) groups is 2. The Labute approximate surface area is 162 Å². The number of benzene rings is 2. The Kier molecular flexibility index (Phi) is 7.27. The number of hydrogen-bond donors (Lipinski definition) is 2. The Hall–Kier alpha value is -2.06. The van der Waals surface area contributed by atoms with Crippen molar-refractivity contribution < 1.29 is 19.1 Å². The van der Waals surface area contributed by atoms with E-state index in [1.807, 2.05) is 6.92 Å². The molecule has 2 amide bonds. The smallest absolute Gasteiger partial charge is 0.276 e. The van der Waals surface area contributed by atoms with Crippen molar-refractivity contribution in [3.8, 4) is 11.5 Å². The van der Waals surface area contributed by atoms with E-state index in [1.165, 1.54) is 0 Å². The monoisotopic (exact) mass is 470 g/mol. The Bertz CT molecular complexity index is 751. The summed E-state index contributed by atoms with van der Waals surface area (Å²) >= 11 is 6.67. The molecule has 25 heavy (non-hydrogen) atoms. The number of rotatable bonds is 6. The van der Waals surface area contributed by atoms with E-state index in [0.717, 1.165) is 4.47 Å². The van der Waals surface area contributed by atoms with Crippen molar-refractivity contribution in [3.05, 3.63) is 57.0 Å². The van der Waals surface area contributed by atoms with Gasteiger partial charge >= 0.3 is 0 Å². The summed E-state index contributed by atoms with van der Waals surface area (Å²) in [7, 11) is 0. The van der Waals surface area contributed by atoms with Gasteiger partial charge in [-0.15, -0.1) is 0 Å². The Morgan fingerprint density at radius 1 is 1.00 bits per heavy atom. The van der Waals surface area contributed by atoms with Gasteiger partial charge in [-0.25, -0.2) is 0 Å². The van der Waals surface area contributed by atoms with Gasteiger partial charge in [-0.2, -0.15) is 0 Å². The fourth-order valence-corrected chi connectivity index (χ4v) is 3.00. The lowest BCUT2D eigenvalue weighted by Gasteiger charge is -2.10. The van der Waals surface area contributed by atoms with E-state index in [1.54, 1.807) is 42.5 Å². The van der Waals surface area contributed by atoms with Crippen LogP contribution in [0, 0.1) is 0 Å². The molecular formula is C17H16Br2N2O4. The fourth-order valence-electron chi connectivity index (χ4n) is 1.84. The molecule has 0 aliphatic rings. The van der Waals surface area contributed by atoms with Crippen molar-refractivity contribution >= 4 is 43.7 Å². The molecule has 0 aliphatic carbocycles. The molecule has 132 valence electrons. The lowest BCUT2D eigenvalue weighted by molar-refractivity contribution is -0.123. The Morgan fingerprint density at radius 3 is 2.36 bits per heavy atom. The number of hydrazine groups is 1. The van der Waals surface area contributed by atoms with Crippen LogP contribution in [-0.2, 0) is 4.79 Å². The van der Waals surface area contributed by atoms with E-state index in [4.69, 9.17) is 9.47 Å². The fraction of sp³-hybridized carbons (Fsp3) is 0.176. The minimum atomic E-state index is -0.478. The Balaban J connectivity index is 1.79. The predicted molar refractivity (Wildman–Crippen MR) is 101 cm³/mol. The molecule has 2 rings (SSSR count). The summed E-state index contributed by atoms with van der Waals surface area (Å²) in [5.41, 5.74) is 5.04. The molecule has 0 fully saturated rings. The molecule has 0 unspecified atom stereocenters. The van der Waals surface area contributed by atoms with E-state index in [-0.39, 0.29) is 6.61 Å². The van der Waals surface area contributed by atoms with Crippen LogP contribution in [-0.4, -0.2) is 25.0 Å². The summed E-state index contributed by atoms with van der Waals surface area (Å²) in [6.45, 7) is 2.20. The van der Waals surface area contributed by atoms with E-state index < -0.39 is 11.8 Å². The molecule has 0 aliphatic heterocycles. The molecule has 6 nitrogen and oxygen atoms in total. The summed E-state index contributed by atoms with van der Waals surface area (Å²) in [4.78, 5) is 23.7. The SMILES string of the molecule is CCOc1ccc(C(=O)NNC(=O)COc2ccc(Br)cc2Br)cc1. The third kappa shape index (κ3) is 6.06. The summed E-state index contributed by atoms with van der Waals surface area (Å²) in [5.74, 6) is 0.295. The number of amides is 2. The highest BCUT2D eigenvalue weighted by Gasteiger charge is 2.09. The number of halogens is 2. The first-order valence-electron chi connectivity index (χ1n) is 7.39. The topological polar surface area (TPSA) is 76.7 Å². The predicted octanol–water partition coefficient (Wildman–Crippen LogP) is 3.45. The highest BCUT2D eigenvalue weighted by Crippen LogP contribution is 2.28. The minimum Gasteiger partial charge on any atom is -0.494 e. The molecule has 2 aromatic carbocycles. The van der Waals surface area contributed by atoms with Crippen LogP contribution >= 0.6 is 31.9 Å². The summed E-state index contributed by atoms with van der Waals surface area (Å²) in [5, 5.41) is 0. The zero-order valence-electron chi connectivity index (χ0n) is 13.3. The zero-order chi connectivity index (χ0) is 18.2. The van der Waals surface area contributed by atoms with Crippen LogP contribution in [0.1, 0.15) is 17.3 Å². The second-order valence-corrected chi connectivity index (χ2v) is 6.59. The largest absolute Gasteiger partial charge is 0.494 e. The summed E-state index contributed by atoms with van der Waals surface area (Å²) in [6.07, 6.45) is 0. The van der Waals surface area contributed by atoms with Gasteiger partial charge in [-0.05, 0) is 65.3 Å². The molecule has 0 radical (unpaired) electrons. The van der Waals surface area contributed by atoms with Crippen molar-refractivity contribution in [2.75, 3.05) is 13.2 Å². The van der Waals surface area contributed by atoms with Gasteiger partial charge in [0.05, 0.1) is 11.1 Å². The Morgan fingerprint density at radius 2 is 1.72 bits per heavy atom. The third-order valence-corrected chi connectivity index (χ3v) is 4.11. The standard InChI is InChI=1S/C17H16Br2N2O4/c1-2-24-13-6-3-11(4-7-13)17(23)21-20-16(22)10-25-15-8-5-12(18)9-14(15)19/h3-9H,2,10H2,1H3,(H,20,22)(H,21,23). The molecule has 0 atom stereocenters. The molecule has 0 bridgehead atoms. The van der Waals surface area contributed by atoms with Gasteiger partial charge < -0.3 is 9.47 Å². The first-order chi connectivity index (χ1) is 12.0. The molecule has 0 aromatic heterocycles. The second-order valence-electron chi connectivity index (χ2n) is 4.82. The highest BCUT2D eigenvalue weighted by molar-refractivity contribution is 9.11. The van der Waals surface area contributed by atoms with Crippen LogP contribution in [0.4, 0.5) is 0 Å². The molecule has 8 heteroatoms. The van der Waals surface area contributed by atoms with Crippen LogP contribution in [0.2, 0.25) is 0 Å². The van der Waals surface area contributed by atoms with Crippen molar-refractivity contribution in [2.24, 2.45) is 0 Å². The third-order valence-electron chi connectivity index (χ3n) is 3.00. The molecule has 0 spiro atoms.